The van der Waals surface area contributed by atoms with Crippen LogP contribution in [-0.2, 0) is 9.53 Å². The van der Waals surface area contributed by atoms with Crippen molar-refractivity contribution in [2.45, 2.75) is 6.10 Å². The van der Waals surface area contributed by atoms with Crippen molar-refractivity contribution in [3.63, 3.8) is 0 Å². The lowest BCUT2D eigenvalue weighted by Crippen LogP contribution is -2.39. The SMILES string of the molecule is O=C1NCCOC1c1ccc([N+](=O)[O-])cc1. The second-order valence-electron chi connectivity index (χ2n) is 3.39. The first-order chi connectivity index (χ1) is 7.68. The minimum atomic E-state index is -0.658. The summed E-state index contributed by atoms with van der Waals surface area (Å²) in [5, 5.41) is 13.1. The molecule has 1 saturated heterocycles. The number of non-ortho nitro benzene ring substituents is 1. The van der Waals surface area contributed by atoms with Crippen LogP contribution in [0.15, 0.2) is 24.3 Å². The van der Waals surface area contributed by atoms with Crippen LogP contribution in [-0.4, -0.2) is 24.0 Å². The Morgan fingerprint density at radius 1 is 1.38 bits per heavy atom. The van der Waals surface area contributed by atoms with E-state index in [1.54, 1.807) is 0 Å². The van der Waals surface area contributed by atoms with Gasteiger partial charge < -0.3 is 10.1 Å². The van der Waals surface area contributed by atoms with Crippen LogP contribution >= 0.6 is 0 Å². The van der Waals surface area contributed by atoms with E-state index >= 15 is 0 Å². The molecule has 0 spiro atoms. The molecule has 84 valence electrons. The van der Waals surface area contributed by atoms with Crippen molar-refractivity contribution in [3.05, 3.63) is 39.9 Å². The highest BCUT2D eigenvalue weighted by atomic mass is 16.6. The van der Waals surface area contributed by atoms with Crippen LogP contribution < -0.4 is 5.32 Å². The Morgan fingerprint density at radius 3 is 2.62 bits per heavy atom. The Labute approximate surface area is 91.4 Å². The van der Waals surface area contributed by atoms with E-state index in [1.807, 2.05) is 0 Å². The average Bonchev–Trinajstić information content (AvgIpc) is 2.30. The molecule has 1 unspecified atom stereocenters. The molecule has 0 aromatic heterocycles. The first-order valence-corrected chi connectivity index (χ1v) is 4.82. The van der Waals surface area contributed by atoms with Crippen LogP contribution in [0.2, 0.25) is 0 Å². The number of amides is 1. The summed E-state index contributed by atoms with van der Waals surface area (Å²) in [4.78, 5) is 21.4. The van der Waals surface area contributed by atoms with E-state index in [-0.39, 0.29) is 11.6 Å². The van der Waals surface area contributed by atoms with Gasteiger partial charge in [-0.05, 0) is 17.7 Å². The summed E-state index contributed by atoms with van der Waals surface area (Å²) < 4.78 is 5.29. The topological polar surface area (TPSA) is 81.5 Å². The molecule has 0 aliphatic carbocycles. The number of carbonyl (C=O) groups is 1. The molecule has 1 heterocycles. The van der Waals surface area contributed by atoms with E-state index < -0.39 is 11.0 Å². The number of rotatable bonds is 2. The number of carbonyl (C=O) groups excluding carboxylic acids is 1. The second kappa shape index (κ2) is 4.28. The molecule has 1 aromatic carbocycles. The van der Waals surface area contributed by atoms with E-state index in [0.29, 0.717) is 18.7 Å². The maximum atomic E-state index is 11.4. The minimum absolute atomic E-state index is 0.0000300. The van der Waals surface area contributed by atoms with Crippen LogP contribution in [0.4, 0.5) is 5.69 Å². The third-order valence-electron chi connectivity index (χ3n) is 2.33. The maximum absolute atomic E-state index is 11.4. The van der Waals surface area contributed by atoms with Gasteiger partial charge in [0.2, 0.25) is 0 Å². The van der Waals surface area contributed by atoms with Gasteiger partial charge in [-0.1, -0.05) is 0 Å². The normalized spacial score (nSPS) is 20.2. The van der Waals surface area contributed by atoms with Crippen molar-refractivity contribution in [3.8, 4) is 0 Å². The van der Waals surface area contributed by atoms with Crippen LogP contribution in [0.25, 0.3) is 0 Å². The van der Waals surface area contributed by atoms with Gasteiger partial charge in [-0.2, -0.15) is 0 Å². The molecule has 6 heteroatoms. The zero-order chi connectivity index (χ0) is 11.5. The summed E-state index contributed by atoms with van der Waals surface area (Å²) in [5.74, 6) is -0.208. The van der Waals surface area contributed by atoms with Crippen LogP contribution in [0.1, 0.15) is 11.7 Å². The number of ether oxygens (including phenoxy) is 1. The smallest absolute Gasteiger partial charge is 0.269 e. The fourth-order valence-electron chi connectivity index (χ4n) is 1.54. The molecule has 6 nitrogen and oxygen atoms in total. The number of morpholine rings is 1. The first kappa shape index (κ1) is 10.6. The van der Waals surface area contributed by atoms with Crippen molar-refractivity contribution >= 4 is 11.6 Å². The molecule has 1 atom stereocenters. The molecule has 1 aromatic rings. The van der Waals surface area contributed by atoms with E-state index in [1.165, 1.54) is 24.3 Å². The molecule has 1 fully saturated rings. The largest absolute Gasteiger partial charge is 0.362 e. The van der Waals surface area contributed by atoms with Crippen molar-refractivity contribution in [1.82, 2.24) is 5.32 Å². The minimum Gasteiger partial charge on any atom is -0.362 e. The molecule has 0 bridgehead atoms. The van der Waals surface area contributed by atoms with Gasteiger partial charge in [0.25, 0.3) is 11.6 Å². The lowest BCUT2D eigenvalue weighted by molar-refractivity contribution is -0.384. The Kier molecular flexibility index (Phi) is 2.82. The lowest BCUT2D eigenvalue weighted by atomic mass is 10.1. The Balaban J connectivity index is 2.20. The molecule has 0 radical (unpaired) electrons. The fraction of sp³-hybridized carbons (Fsp3) is 0.300. The molecule has 0 saturated carbocycles. The number of nitrogens with zero attached hydrogens (tertiary/aromatic N) is 1. The number of nitro groups is 1. The Bertz CT molecular complexity index is 415. The van der Waals surface area contributed by atoms with Gasteiger partial charge >= 0.3 is 0 Å². The van der Waals surface area contributed by atoms with Gasteiger partial charge in [-0.15, -0.1) is 0 Å². The molecular formula is C10H10N2O4. The van der Waals surface area contributed by atoms with E-state index in [2.05, 4.69) is 5.32 Å². The van der Waals surface area contributed by atoms with Gasteiger partial charge in [-0.25, -0.2) is 0 Å². The average molecular weight is 222 g/mol. The first-order valence-electron chi connectivity index (χ1n) is 4.82. The molecule has 1 aliphatic heterocycles. The van der Waals surface area contributed by atoms with Crippen molar-refractivity contribution in [2.75, 3.05) is 13.2 Å². The maximum Gasteiger partial charge on any atom is 0.269 e. The van der Waals surface area contributed by atoms with E-state index in [0.717, 1.165) is 0 Å². The van der Waals surface area contributed by atoms with Crippen molar-refractivity contribution < 1.29 is 14.5 Å². The lowest BCUT2D eigenvalue weighted by Gasteiger charge is -2.22. The summed E-state index contributed by atoms with van der Waals surface area (Å²) in [5.41, 5.74) is 0.628. The monoisotopic (exact) mass is 222 g/mol. The molecule has 1 amide bonds. The zero-order valence-corrected chi connectivity index (χ0v) is 8.38. The predicted octanol–water partition coefficient (Wildman–Crippen LogP) is 0.782. The third-order valence-corrected chi connectivity index (χ3v) is 2.33. The van der Waals surface area contributed by atoms with Gasteiger partial charge in [0.1, 0.15) is 0 Å². The van der Waals surface area contributed by atoms with Gasteiger partial charge in [0.05, 0.1) is 11.5 Å². The highest BCUT2D eigenvalue weighted by Gasteiger charge is 2.24. The summed E-state index contributed by atoms with van der Waals surface area (Å²) in [7, 11) is 0. The standard InChI is InChI=1S/C10H10N2O4/c13-10-9(16-6-5-11-10)7-1-3-8(4-2-7)12(14)15/h1-4,9H,5-6H2,(H,11,13). The van der Waals surface area contributed by atoms with Crippen molar-refractivity contribution in [2.24, 2.45) is 0 Å². The molecule has 2 rings (SSSR count). The second-order valence-corrected chi connectivity index (χ2v) is 3.39. The molecule has 16 heavy (non-hydrogen) atoms. The molecule has 1 N–H and O–H groups in total. The van der Waals surface area contributed by atoms with E-state index in [4.69, 9.17) is 4.74 Å². The molecule has 1 aliphatic rings. The zero-order valence-electron chi connectivity index (χ0n) is 8.38. The highest BCUT2D eigenvalue weighted by Crippen LogP contribution is 2.22. The van der Waals surface area contributed by atoms with Crippen LogP contribution in [0.3, 0.4) is 0 Å². The quantitative estimate of drug-likeness (QED) is 0.592. The summed E-state index contributed by atoms with van der Waals surface area (Å²) in [6.45, 7) is 0.954. The van der Waals surface area contributed by atoms with Crippen molar-refractivity contribution in [1.29, 1.82) is 0 Å². The summed E-state index contributed by atoms with van der Waals surface area (Å²) >= 11 is 0. The third kappa shape index (κ3) is 2.01. The number of hydrogen-bond donors (Lipinski definition) is 1. The molecular weight excluding hydrogens is 212 g/mol. The van der Waals surface area contributed by atoms with Crippen LogP contribution in [0, 0.1) is 10.1 Å². The summed E-state index contributed by atoms with van der Waals surface area (Å²) in [6.07, 6.45) is -0.658. The summed E-state index contributed by atoms with van der Waals surface area (Å²) in [6, 6.07) is 5.79. The van der Waals surface area contributed by atoms with Gasteiger partial charge in [0.15, 0.2) is 6.10 Å². The number of nitro benzene ring substituents is 1. The Hall–Kier alpha value is -1.95. The van der Waals surface area contributed by atoms with Gasteiger partial charge in [-0.3, -0.25) is 14.9 Å². The Morgan fingerprint density at radius 2 is 2.06 bits per heavy atom. The predicted molar refractivity (Wildman–Crippen MR) is 54.8 cm³/mol. The number of hydrogen-bond acceptors (Lipinski definition) is 4. The number of benzene rings is 1. The highest BCUT2D eigenvalue weighted by molar-refractivity contribution is 5.82. The van der Waals surface area contributed by atoms with E-state index in [9.17, 15) is 14.9 Å². The fourth-order valence-corrected chi connectivity index (χ4v) is 1.54. The van der Waals surface area contributed by atoms with Gasteiger partial charge in [0, 0.05) is 18.7 Å². The number of nitrogens with one attached hydrogen (secondary N) is 1. The van der Waals surface area contributed by atoms with Crippen LogP contribution in [0.5, 0.6) is 0 Å².